The van der Waals surface area contributed by atoms with Crippen LogP contribution in [0.25, 0.3) is 21.6 Å². The van der Waals surface area contributed by atoms with Crippen LogP contribution >= 0.6 is 27.3 Å². The Bertz CT molecular complexity index is 798. The standard InChI is InChI=1S/C16H14BrN2OS/c1-9(2)12-8-21-16(19-12)11-6-4-10-5-7-13(20-3)14(17)15(10)18-11/h5-9H,1-3H3. The topological polar surface area (TPSA) is 35.0 Å². The van der Waals surface area contributed by atoms with E-state index in [9.17, 15) is 0 Å². The van der Waals surface area contributed by atoms with Crippen molar-refractivity contribution in [3.05, 3.63) is 39.8 Å². The number of benzene rings is 1. The molecule has 0 aliphatic carbocycles. The molecule has 2 aromatic heterocycles. The van der Waals surface area contributed by atoms with Gasteiger partial charge in [0.05, 0.1) is 22.8 Å². The van der Waals surface area contributed by atoms with E-state index < -0.39 is 0 Å². The molecule has 3 aromatic rings. The van der Waals surface area contributed by atoms with Gasteiger partial charge in [-0.1, -0.05) is 13.8 Å². The first-order valence-electron chi connectivity index (χ1n) is 6.61. The zero-order valence-corrected chi connectivity index (χ0v) is 14.4. The minimum atomic E-state index is 0.422. The zero-order valence-electron chi connectivity index (χ0n) is 12.0. The van der Waals surface area contributed by atoms with Crippen molar-refractivity contribution >= 4 is 38.2 Å². The van der Waals surface area contributed by atoms with Gasteiger partial charge in [0.15, 0.2) is 0 Å². The largest absolute Gasteiger partial charge is 0.495 e. The van der Waals surface area contributed by atoms with E-state index in [-0.39, 0.29) is 0 Å². The van der Waals surface area contributed by atoms with Crippen molar-refractivity contribution < 1.29 is 4.74 Å². The summed E-state index contributed by atoms with van der Waals surface area (Å²) in [6, 6.07) is 9.02. The highest BCUT2D eigenvalue weighted by molar-refractivity contribution is 9.10. The van der Waals surface area contributed by atoms with Crippen molar-refractivity contribution in [3.8, 4) is 16.5 Å². The summed E-state index contributed by atoms with van der Waals surface area (Å²) in [5, 5.41) is 3.96. The number of aromatic nitrogens is 2. The minimum Gasteiger partial charge on any atom is -0.495 e. The molecular formula is C16H14BrN2OS. The number of ether oxygens (including phenoxy) is 1. The van der Waals surface area contributed by atoms with Gasteiger partial charge >= 0.3 is 0 Å². The molecule has 0 unspecified atom stereocenters. The SMILES string of the molecule is COc1ccc2[c]cc(-c3nc(C(C)C)cs3)nc2c1Br. The molecule has 0 amide bonds. The van der Waals surface area contributed by atoms with Gasteiger partial charge in [0, 0.05) is 10.8 Å². The Balaban J connectivity index is 2.13. The van der Waals surface area contributed by atoms with Crippen molar-refractivity contribution in [3.63, 3.8) is 0 Å². The third-order valence-corrected chi connectivity index (χ3v) is 4.88. The highest BCUT2D eigenvalue weighted by atomic mass is 79.9. The highest BCUT2D eigenvalue weighted by Gasteiger charge is 2.12. The van der Waals surface area contributed by atoms with Crippen LogP contribution in [-0.2, 0) is 0 Å². The Morgan fingerprint density at radius 3 is 2.76 bits per heavy atom. The van der Waals surface area contributed by atoms with Crippen LogP contribution in [-0.4, -0.2) is 17.1 Å². The lowest BCUT2D eigenvalue weighted by Crippen LogP contribution is -1.91. The second kappa shape index (κ2) is 5.73. The number of methoxy groups -OCH3 is 1. The fraction of sp³-hybridized carbons (Fsp3) is 0.250. The lowest BCUT2D eigenvalue weighted by atomic mass is 10.1. The number of rotatable bonds is 3. The summed E-state index contributed by atoms with van der Waals surface area (Å²) >= 11 is 5.17. The molecule has 0 aliphatic rings. The fourth-order valence-electron chi connectivity index (χ4n) is 2.01. The van der Waals surface area contributed by atoms with Crippen molar-refractivity contribution in [1.82, 2.24) is 9.97 Å². The van der Waals surface area contributed by atoms with Gasteiger partial charge in [-0.3, -0.25) is 0 Å². The van der Waals surface area contributed by atoms with E-state index in [1.54, 1.807) is 18.4 Å². The third-order valence-electron chi connectivity index (χ3n) is 3.23. The van der Waals surface area contributed by atoms with E-state index >= 15 is 0 Å². The number of pyridine rings is 1. The fourth-order valence-corrected chi connectivity index (χ4v) is 3.54. The molecule has 0 N–H and O–H groups in total. The average molecular weight is 362 g/mol. The quantitative estimate of drug-likeness (QED) is 0.654. The molecule has 1 aromatic carbocycles. The van der Waals surface area contributed by atoms with Crippen molar-refractivity contribution in [2.24, 2.45) is 0 Å². The van der Waals surface area contributed by atoms with E-state index in [4.69, 9.17) is 9.72 Å². The van der Waals surface area contributed by atoms with E-state index in [0.29, 0.717) is 5.92 Å². The van der Waals surface area contributed by atoms with Gasteiger partial charge in [-0.25, -0.2) is 9.97 Å². The van der Waals surface area contributed by atoms with Gasteiger partial charge in [0.1, 0.15) is 16.5 Å². The number of halogens is 1. The zero-order chi connectivity index (χ0) is 15.0. The van der Waals surface area contributed by atoms with Crippen molar-refractivity contribution in [2.75, 3.05) is 7.11 Å². The summed E-state index contributed by atoms with van der Waals surface area (Å²) in [7, 11) is 1.65. The summed E-state index contributed by atoms with van der Waals surface area (Å²) in [6.07, 6.45) is 0. The van der Waals surface area contributed by atoms with Crippen LogP contribution in [0.1, 0.15) is 25.5 Å². The predicted octanol–water partition coefficient (Wildman–Crippen LogP) is 5.05. The summed E-state index contributed by atoms with van der Waals surface area (Å²) in [5.74, 6) is 1.19. The lowest BCUT2D eigenvalue weighted by molar-refractivity contribution is 0.413. The second-order valence-electron chi connectivity index (χ2n) is 5.00. The molecule has 0 fully saturated rings. The Hall–Kier alpha value is -1.46. The van der Waals surface area contributed by atoms with Crippen LogP contribution in [0.3, 0.4) is 0 Å². The molecule has 0 saturated heterocycles. The molecule has 0 aliphatic heterocycles. The van der Waals surface area contributed by atoms with E-state index in [1.807, 2.05) is 18.2 Å². The van der Waals surface area contributed by atoms with Crippen LogP contribution in [0.15, 0.2) is 28.1 Å². The van der Waals surface area contributed by atoms with Gasteiger partial charge in [0.2, 0.25) is 0 Å². The predicted molar refractivity (Wildman–Crippen MR) is 90.0 cm³/mol. The maximum atomic E-state index is 5.32. The Kier molecular flexibility index (Phi) is 3.95. The molecule has 0 bridgehead atoms. The summed E-state index contributed by atoms with van der Waals surface area (Å²) in [5.41, 5.74) is 2.78. The molecule has 3 rings (SSSR count). The molecule has 5 heteroatoms. The van der Waals surface area contributed by atoms with Crippen LogP contribution in [0, 0.1) is 6.07 Å². The summed E-state index contributed by atoms with van der Waals surface area (Å²) in [4.78, 5) is 9.36. The smallest absolute Gasteiger partial charge is 0.142 e. The molecule has 0 spiro atoms. The van der Waals surface area contributed by atoms with E-state index in [2.05, 4.69) is 46.2 Å². The van der Waals surface area contributed by atoms with Gasteiger partial charge in [-0.05, 0) is 46.1 Å². The van der Waals surface area contributed by atoms with Crippen LogP contribution in [0.5, 0.6) is 5.75 Å². The first-order chi connectivity index (χ1) is 10.1. The molecule has 1 radical (unpaired) electrons. The van der Waals surface area contributed by atoms with Crippen LogP contribution < -0.4 is 4.74 Å². The molecular weight excluding hydrogens is 348 g/mol. The number of hydrogen-bond donors (Lipinski definition) is 0. The number of thiazole rings is 1. The Morgan fingerprint density at radius 1 is 1.29 bits per heavy atom. The van der Waals surface area contributed by atoms with Crippen molar-refractivity contribution in [1.29, 1.82) is 0 Å². The number of hydrogen-bond acceptors (Lipinski definition) is 4. The summed E-state index contributed by atoms with van der Waals surface area (Å²) < 4.78 is 6.17. The first-order valence-corrected chi connectivity index (χ1v) is 8.28. The highest BCUT2D eigenvalue weighted by Crippen LogP contribution is 2.34. The van der Waals surface area contributed by atoms with Gasteiger partial charge in [0.25, 0.3) is 0 Å². The molecule has 0 atom stereocenters. The molecule has 107 valence electrons. The number of fused-ring (bicyclic) bond motifs is 1. The maximum absolute atomic E-state index is 5.32. The van der Waals surface area contributed by atoms with Crippen LogP contribution in [0.4, 0.5) is 0 Å². The van der Waals surface area contributed by atoms with Gasteiger partial charge in [-0.15, -0.1) is 11.3 Å². The minimum absolute atomic E-state index is 0.422. The van der Waals surface area contributed by atoms with Crippen LogP contribution in [0.2, 0.25) is 0 Å². The first kappa shape index (κ1) is 14.5. The molecule has 2 heterocycles. The van der Waals surface area contributed by atoms with Gasteiger partial charge in [-0.2, -0.15) is 0 Å². The lowest BCUT2D eigenvalue weighted by Gasteiger charge is -2.07. The second-order valence-corrected chi connectivity index (χ2v) is 6.65. The van der Waals surface area contributed by atoms with Gasteiger partial charge < -0.3 is 4.74 Å². The normalized spacial score (nSPS) is 11.3. The Morgan fingerprint density at radius 2 is 2.10 bits per heavy atom. The Labute approximate surface area is 136 Å². The summed E-state index contributed by atoms with van der Waals surface area (Å²) in [6.45, 7) is 4.28. The van der Waals surface area contributed by atoms with E-state index in [1.165, 1.54) is 0 Å². The van der Waals surface area contributed by atoms with E-state index in [0.717, 1.165) is 37.5 Å². The number of nitrogens with zero attached hydrogens (tertiary/aromatic N) is 2. The molecule has 21 heavy (non-hydrogen) atoms. The van der Waals surface area contributed by atoms with Crippen molar-refractivity contribution in [2.45, 2.75) is 19.8 Å². The molecule has 0 saturated carbocycles. The molecule has 3 nitrogen and oxygen atoms in total. The maximum Gasteiger partial charge on any atom is 0.142 e. The monoisotopic (exact) mass is 361 g/mol. The average Bonchev–Trinajstić information content (AvgIpc) is 2.97. The third kappa shape index (κ3) is 2.68.